The summed E-state index contributed by atoms with van der Waals surface area (Å²) in [5.41, 5.74) is 0.495. The van der Waals surface area contributed by atoms with Gasteiger partial charge in [0.25, 0.3) is 5.91 Å². The van der Waals surface area contributed by atoms with E-state index in [4.69, 9.17) is 4.74 Å². The van der Waals surface area contributed by atoms with Gasteiger partial charge in [-0.05, 0) is 23.3 Å². The molecule has 3 aliphatic rings. The van der Waals surface area contributed by atoms with Gasteiger partial charge < -0.3 is 40.7 Å². The molecule has 2 fully saturated rings. The van der Waals surface area contributed by atoms with Crippen LogP contribution in [0.25, 0.3) is 0 Å². The van der Waals surface area contributed by atoms with Crippen LogP contribution >= 0.6 is 11.8 Å². The lowest BCUT2D eigenvalue weighted by atomic mass is 9.96. The van der Waals surface area contributed by atoms with E-state index in [2.05, 4.69) is 17.2 Å². The maximum Gasteiger partial charge on any atom is 0.352 e. The molecule has 200 valence electrons. The van der Waals surface area contributed by atoms with Crippen LogP contribution in [0.1, 0.15) is 11.6 Å². The molecular weight excluding hydrogens is 510 g/mol. The molecule has 13 nitrogen and oxygen atoms in total. The molecule has 0 spiro atoms. The smallest absolute Gasteiger partial charge is 0.352 e. The highest BCUT2D eigenvalue weighted by Crippen LogP contribution is 2.40. The molecule has 0 bridgehead atoms. The number of phenols is 1. The number of carbonyl (C=O) groups excluding carboxylic acids is 2. The van der Waals surface area contributed by atoms with Crippen LogP contribution in [0, 0.1) is 0 Å². The molecule has 8 atom stereocenters. The number of allylic oxidation sites excluding steroid dienone is 1. The second kappa shape index (κ2) is 10.8. The molecule has 2 amide bonds. The van der Waals surface area contributed by atoms with Crippen LogP contribution in [0.5, 0.6) is 5.75 Å². The maximum atomic E-state index is 13.4. The van der Waals surface area contributed by atoms with Gasteiger partial charge in [-0.1, -0.05) is 24.8 Å². The lowest BCUT2D eigenvalue weighted by molar-refractivity contribution is -0.238. The number of aliphatic carboxylic acids is 1. The Morgan fingerprint density at radius 2 is 1.86 bits per heavy atom. The van der Waals surface area contributed by atoms with Crippen LogP contribution in [0.4, 0.5) is 0 Å². The van der Waals surface area contributed by atoms with Gasteiger partial charge in [-0.25, -0.2) is 4.79 Å². The molecule has 5 unspecified atom stereocenters. The quantitative estimate of drug-likeness (QED) is 0.165. The van der Waals surface area contributed by atoms with Crippen LogP contribution in [-0.4, -0.2) is 108 Å². The number of fused-ring (bicyclic) bond motifs is 1. The zero-order valence-corrected chi connectivity index (χ0v) is 20.1. The van der Waals surface area contributed by atoms with Crippen molar-refractivity contribution in [1.29, 1.82) is 0 Å². The lowest BCUT2D eigenvalue weighted by Crippen LogP contribution is -2.71. The van der Waals surface area contributed by atoms with Crippen LogP contribution in [0.3, 0.4) is 0 Å². The van der Waals surface area contributed by atoms with Gasteiger partial charge in [-0.15, -0.1) is 11.8 Å². The second-order valence-electron chi connectivity index (χ2n) is 8.72. The second-order valence-corrected chi connectivity index (χ2v) is 9.82. The highest BCUT2D eigenvalue weighted by atomic mass is 32.2. The minimum Gasteiger partial charge on any atom is -0.508 e. The molecular formula is C23H27N3O10S. The van der Waals surface area contributed by atoms with E-state index < -0.39 is 72.5 Å². The predicted octanol–water partition coefficient (Wildman–Crippen LogP) is -2.25. The Morgan fingerprint density at radius 3 is 2.46 bits per heavy atom. The molecule has 8 N–H and O–H groups in total. The summed E-state index contributed by atoms with van der Waals surface area (Å²) in [5, 5.41) is 63.9. The van der Waals surface area contributed by atoms with E-state index in [1.54, 1.807) is 0 Å². The van der Waals surface area contributed by atoms with Crippen molar-refractivity contribution >= 4 is 29.5 Å². The van der Waals surface area contributed by atoms with E-state index in [1.165, 1.54) is 42.1 Å². The normalized spacial score (nSPS) is 32.3. The minimum atomic E-state index is -1.69. The number of benzene rings is 1. The highest BCUT2D eigenvalue weighted by molar-refractivity contribution is 8.00. The van der Waals surface area contributed by atoms with Crippen LogP contribution in [-0.2, 0) is 19.1 Å². The summed E-state index contributed by atoms with van der Waals surface area (Å²) in [6.45, 7) is 2.92. The fourth-order valence-corrected chi connectivity index (χ4v) is 5.77. The van der Waals surface area contributed by atoms with Gasteiger partial charge in [0, 0.05) is 5.75 Å². The van der Waals surface area contributed by atoms with Crippen molar-refractivity contribution < 1.29 is 49.8 Å². The Hall–Kier alpha value is -2.98. The molecule has 14 heteroatoms. The Labute approximate surface area is 215 Å². The Kier molecular flexibility index (Phi) is 7.89. The predicted molar refractivity (Wildman–Crippen MR) is 128 cm³/mol. The summed E-state index contributed by atoms with van der Waals surface area (Å²) in [6.07, 6.45) is -6.22. The van der Waals surface area contributed by atoms with Crippen molar-refractivity contribution in [3.05, 3.63) is 53.8 Å². The monoisotopic (exact) mass is 537 g/mol. The fourth-order valence-electron chi connectivity index (χ4n) is 4.43. The maximum absolute atomic E-state index is 13.4. The zero-order valence-electron chi connectivity index (χ0n) is 19.3. The number of aliphatic hydroxyl groups is 4. The highest BCUT2D eigenvalue weighted by Gasteiger charge is 2.54. The van der Waals surface area contributed by atoms with Crippen LogP contribution < -0.4 is 10.6 Å². The van der Waals surface area contributed by atoms with Crippen LogP contribution in [0.2, 0.25) is 0 Å². The summed E-state index contributed by atoms with van der Waals surface area (Å²) in [6, 6.07) is 3.15. The average molecular weight is 538 g/mol. The van der Waals surface area contributed by atoms with Crippen molar-refractivity contribution in [2.45, 2.75) is 48.1 Å². The molecule has 4 rings (SSSR count). The molecule has 1 aromatic carbocycles. The summed E-state index contributed by atoms with van der Waals surface area (Å²) < 4.78 is 5.46. The number of β-lactam (4-membered cyclic amide) rings is 1. The van der Waals surface area contributed by atoms with Crippen molar-refractivity contribution in [2.75, 3.05) is 12.4 Å². The van der Waals surface area contributed by atoms with Gasteiger partial charge >= 0.3 is 5.97 Å². The number of amides is 2. The number of nitrogens with zero attached hydrogens (tertiary/aromatic N) is 1. The van der Waals surface area contributed by atoms with E-state index in [9.17, 15) is 45.0 Å². The molecule has 0 aromatic heterocycles. The topological polar surface area (TPSA) is 209 Å². The van der Waals surface area contributed by atoms with Crippen molar-refractivity contribution in [3.8, 4) is 5.75 Å². The molecule has 3 aliphatic heterocycles. The number of carboxylic acid groups (broad SMARTS) is 1. The number of nitrogens with one attached hydrogen (secondary N) is 2. The Bertz CT molecular complexity index is 1110. The minimum absolute atomic E-state index is 0.0785. The van der Waals surface area contributed by atoms with Crippen molar-refractivity contribution in [3.63, 3.8) is 0 Å². The number of carboxylic acids is 1. The van der Waals surface area contributed by atoms with Crippen molar-refractivity contribution in [2.24, 2.45) is 0 Å². The SMILES string of the molecule is C=CC1=C(C(=O)O)N2C(=O)[C@@H](NC(=O)[C@H](NC3OC(CO)C(O)C(O)C3O)c3ccc(O)cc3)[C@H]2SC1. The van der Waals surface area contributed by atoms with Gasteiger partial charge in [-0.3, -0.25) is 19.8 Å². The van der Waals surface area contributed by atoms with Gasteiger partial charge in [0.05, 0.1) is 6.61 Å². The van der Waals surface area contributed by atoms with Gasteiger partial charge in [0.15, 0.2) is 0 Å². The number of aliphatic hydroxyl groups excluding tert-OH is 4. The van der Waals surface area contributed by atoms with Gasteiger partial charge in [0.2, 0.25) is 5.91 Å². The Balaban J connectivity index is 1.56. The molecule has 0 radical (unpaired) electrons. The number of phenolic OH excluding ortho intramolecular Hbond substituents is 1. The lowest BCUT2D eigenvalue weighted by Gasteiger charge is -2.49. The molecule has 0 aliphatic carbocycles. The van der Waals surface area contributed by atoms with E-state index in [0.717, 1.165) is 4.90 Å². The third-order valence-corrected chi connectivity index (χ3v) is 7.76. The molecule has 2 saturated heterocycles. The van der Waals surface area contributed by atoms with E-state index >= 15 is 0 Å². The largest absolute Gasteiger partial charge is 0.508 e. The third kappa shape index (κ3) is 4.96. The summed E-state index contributed by atoms with van der Waals surface area (Å²) in [5.74, 6) is -2.46. The number of aromatic hydroxyl groups is 1. The molecule has 0 saturated carbocycles. The van der Waals surface area contributed by atoms with E-state index in [-0.39, 0.29) is 17.2 Å². The number of hydrogen-bond donors (Lipinski definition) is 8. The number of ether oxygens (including phenoxy) is 1. The first-order valence-corrected chi connectivity index (χ1v) is 12.3. The number of hydrogen-bond acceptors (Lipinski definition) is 11. The van der Waals surface area contributed by atoms with E-state index in [0.29, 0.717) is 11.1 Å². The summed E-state index contributed by atoms with van der Waals surface area (Å²) in [4.78, 5) is 39.1. The van der Waals surface area contributed by atoms with E-state index in [1.807, 2.05) is 0 Å². The van der Waals surface area contributed by atoms with Gasteiger partial charge in [-0.2, -0.15) is 0 Å². The van der Waals surface area contributed by atoms with Crippen LogP contribution in [0.15, 0.2) is 48.2 Å². The third-order valence-electron chi connectivity index (χ3n) is 6.46. The summed E-state index contributed by atoms with van der Waals surface area (Å²) in [7, 11) is 0. The fraction of sp³-hybridized carbons (Fsp3) is 0.435. The number of rotatable bonds is 8. The molecule has 1 aromatic rings. The first-order valence-electron chi connectivity index (χ1n) is 11.3. The number of carbonyl (C=O) groups is 3. The average Bonchev–Trinajstić information content (AvgIpc) is 2.89. The zero-order chi connectivity index (χ0) is 27.0. The molecule has 37 heavy (non-hydrogen) atoms. The number of thioether (sulfide) groups is 1. The first-order chi connectivity index (χ1) is 17.6. The van der Waals surface area contributed by atoms with Crippen molar-refractivity contribution in [1.82, 2.24) is 15.5 Å². The van der Waals surface area contributed by atoms with Gasteiger partial charge in [0.1, 0.15) is 59.5 Å². The Morgan fingerprint density at radius 1 is 1.19 bits per heavy atom. The summed E-state index contributed by atoms with van der Waals surface area (Å²) >= 11 is 1.26. The first kappa shape index (κ1) is 27.1. The molecule has 3 heterocycles. The standard InChI is InChI=1S/C23H27N3O10S/c1-2-9-8-37-22-14(21(33)26(22)15(9)23(34)35)24-19(32)13(10-3-5-11(28)6-4-10)25-20-18(31)17(30)16(29)12(7-27)36-20/h2-6,12-14,16-18,20,22,25,27-31H,1,7-8H2,(H,24,32)(H,34,35)/t12?,13-,14-,16?,17?,18?,20?,22-/m1/s1.